The van der Waals surface area contributed by atoms with Gasteiger partial charge in [-0.3, -0.25) is 4.79 Å². The second kappa shape index (κ2) is 9.54. The number of halogens is 3. The minimum Gasteiger partial charge on any atom is -0.355 e. The van der Waals surface area contributed by atoms with Crippen LogP contribution in [0.15, 0.2) is 24.3 Å². The van der Waals surface area contributed by atoms with E-state index in [-0.39, 0.29) is 30.2 Å². The van der Waals surface area contributed by atoms with Crippen LogP contribution < -0.4 is 10.6 Å². The third-order valence-electron chi connectivity index (χ3n) is 4.03. The van der Waals surface area contributed by atoms with Crippen LogP contribution in [0.5, 0.6) is 0 Å². The summed E-state index contributed by atoms with van der Waals surface area (Å²) in [6.45, 7) is 1.25. The molecule has 0 aliphatic carbocycles. The molecule has 1 aromatic carbocycles. The summed E-state index contributed by atoms with van der Waals surface area (Å²) in [5.74, 6) is 0.0116. The number of amides is 1. The van der Waals surface area contributed by atoms with Crippen LogP contribution in [0, 0.1) is 5.82 Å². The molecule has 1 aliphatic rings. The lowest BCUT2D eigenvalue weighted by atomic mass is 10.2. The number of aromatic nitrogens is 4. The summed E-state index contributed by atoms with van der Waals surface area (Å²) in [5, 5.41) is 17.9. The predicted octanol–water partition coefficient (Wildman–Crippen LogP) is 1.50. The first-order valence-electron chi connectivity index (χ1n) is 8.28. The van der Waals surface area contributed by atoms with Gasteiger partial charge in [-0.2, -0.15) is 4.80 Å². The Morgan fingerprint density at radius 3 is 2.81 bits per heavy atom. The Morgan fingerprint density at radius 2 is 2.12 bits per heavy atom. The average Bonchev–Trinajstić information content (AvgIpc) is 3.23. The summed E-state index contributed by atoms with van der Waals surface area (Å²) in [6, 6.07) is 5.86. The van der Waals surface area contributed by atoms with E-state index in [4.69, 9.17) is 0 Å². The van der Waals surface area contributed by atoms with Crippen LogP contribution in [0.3, 0.4) is 0 Å². The molecule has 1 aliphatic heterocycles. The monoisotopic (exact) mass is 386 g/mol. The number of nitrogens with one attached hydrogen (secondary N) is 2. The van der Waals surface area contributed by atoms with Crippen molar-refractivity contribution in [1.82, 2.24) is 30.8 Å². The lowest BCUT2D eigenvalue weighted by Crippen LogP contribution is -2.37. The van der Waals surface area contributed by atoms with Gasteiger partial charge in [-0.15, -0.1) is 22.6 Å². The highest BCUT2D eigenvalue weighted by molar-refractivity contribution is 5.85. The largest absolute Gasteiger partial charge is 0.355 e. The second-order valence-electron chi connectivity index (χ2n) is 6.06. The van der Waals surface area contributed by atoms with Gasteiger partial charge in [0.25, 0.3) is 0 Å². The van der Waals surface area contributed by atoms with Crippen LogP contribution in [0.25, 0.3) is 11.4 Å². The SMILES string of the molecule is Cl.O=C(CCCn1nnc(-c2ccc(F)cc2)n1)NC[C@@H]1C[C@H](F)CN1. The van der Waals surface area contributed by atoms with Gasteiger partial charge in [0, 0.05) is 31.1 Å². The van der Waals surface area contributed by atoms with Gasteiger partial charge in [0.15, 0.2) is 0 Å². The number of alkyl halides is 1. The predicted molar refractivity (Wildman–Crippen MR) is 94.0 cm³/mol. The summed E-state index contributed by atoms with van der Waals surface area (Å²) < 4.78 is 25.9. The number of benzene rings is 1. The van der Waals surface area contributed by atoms with Crippen molar-refractivity contribution in [2.24, 2.45) is 0 Å². The van der Waals surface area contributed by atoms with Crippen molar-refractivity contribution in [1.29, 1.82) is 0 Å². The number of hydrogen-bond acceptors (Lipinski definition) is 5. The molecule has 3 rings (SSSR count). The molecular weight excluding hydrogens is 366 g/mol. The molecule has 1 saturated heterocycles. The zero-order valence-electron chi connectivity index (χ0n) is 14.1. The Hall–Kier alpha value is -2.13. The van der Waals surface area contributed by atoms with Crippen molar-refractivity contribution in [2.75, 3.05) is 13.1 Å². The molecule has 7 nitrogen and oxygen atoms in total. The van der Waals surface area contributed by atoms with Crippen LogP contribution in [0.1, 0.15) is 19.3 Å². The standard InChI is InChI=1S/C16H20F2N6O.ClH/c17-12-5-3-11(4-6-12)16-21-23-24(22-16)7-1-2-15(25)20-10-14-8-13(18)9-19-14;/h3-6,13-14,19H,1-2,7-10H2,(H,20,25);1H/t13-,14-;/m0./s1. The van der Waals surface area contributed by atoms with E-state index < -0.39 is 6.17 Å². The lowest BCUT2D eigenvalue weighted by molar-refractivity contribution is -0.121. The van der Waals surface area contributed by atoms with Crippen LogP contribution >= 0.6 is 12.4 Å². The molecule has 0 unspecified atom stereocenters. The molecule has 0 radical (unpaired) electrons. The van der Waals surface area contributed by atoms with Gasteiger partial charge in [0.2, 0.25) is 11.7 Å². The highest BCUT2D eigenvalue weighted by Crippen LogP contribution is 2.13. The van der Waals surface area contributed by atoms with Crippen LogP contribution in [-0.4, -0.2) is 51.4 Å². The van der Waals surface area contributed by atoms with Crippen LogP contribution in [0.2, 0.25) is 0 Å². The van der Waals surface area contributed by atoms with Gasteiger partial charge >= 0.3 is 0 Å². The molecule has 0 bridgehead atoms. The third-order valence-corrected chi connectivity index (χ3v) is 4.03. The number of carbonyl (C=O) groups is 1. The minimum atomic E-state index is -0.824. The summed E-state index contributed by atoms with van der Waals surface area (Å²) >= 11 is 0. The fraction of sp³-hybridized carbons (Fsp3) is 0.500. The summed E-state index contributed by atoms with van der Waals surface area (Å²) in [7, 11) is 0. The third kappa shape index (κ3) is 5.70. The Kier molecular flexibility index (Phi) is 7.40. The van der Waals surface area contributed by atoms with Crippen molar-refractivity contribution >= 4 is 18.3 Å². The van der Waals surface area contributed by atoms with Gasteiger partial charge in [0.05, 0.1) is 6.54 Å². The van der Waals surface area contributed by atoms with E-state index in [0.717, 1.165) is 0 Å². The zero-order valence-corrected chi connectivity index (χ0v) is 14.9. The highest BCUT2D eigenvalue weighted by atomic mass is 35.5. The minimum absolute atomic E-state index is 0. The molecule has 2 aromatic rings. The zero-order chi connectivity index (χ0) is 17.6. The normalized spacial score (nSPS) is 19.2. The molecular formula is C16H21ClF2N6O. The highest BCUT2D eigenvalue weighted by Gasteiger charge is 2.23. The van der Waals surface area contributed by atoms with Crippen LogP contribution in [0.4, 0.5) is 8.78 Å². The topological polar surface area (TPSA) is 84.7 Å². The number of rotatable bonds is 7. The smallest absolute Gasteiger partial charge is 0.220 e. The fourth-order valence-electron chi connectivity index (χ4n) is 2.68. The first kappa shape index (κ1) is 20.2. The number of nitrogens with zero attached hydrogens (tertiary/aromatic N) is 4. The van der Waals surface area contributed by atoms with E-state index >= 15 is 0 Å². The van der Waals surface area contributed by atoms with E-state index in [1.807, 2.05) is 0 Å². The molecule has 2 N–H and O–H groups in total. The summed E-state index contributed by atoms with van der Waals surface area (Å²) in [5.41, 5.74) is 0.681. The first-order valence-corrected chi connectivity index (χ1v) is 8.28. The molecule has 2 atom stereocenters. The van der Waals surface area contributed by atoms with E-state index in [1.165, 1.54) is 16.9 Å². The molecule has 26 heavy (non-hydrogen) atoms. The van der Waals surface area contributed by atoms with Crippen molar-refractivity contribution in [3.05, 3.63) is 30.1 Å². The molecule has 1 amide bonds. The maximum Gasteiger partial charge on any atom is 0.220 e. The molecule has 0 saturated carbocycles. The van der Waals surface area contributed by atoms with E-state index in [1.54, 1.807) is 12.1 Å². The molecule has 1 fully saturated rings. The van der Waals surface area contributed by atoms with Gasteiger partial charge in [-0.1, -0.05) is 0 Å². The second-order valence-corrected chi connectivity index (χ2v) is 6.06. The van der Waals surface area contributed by atoms with Gasteiger partial charge in [-0.25, -0.2) is 8.78 Å². The Bertz CT molecular complexity index is 711. The summed E-state index contributed by atoms with van der Waals surface area (Å²) in [6.07, 6.45) is 0.513. The molecule has 2 heterocycles. The van der Waals surface area contributed by atoms with Crippen molar-refractivity contribution in [2.45, 2.75) is 38.0 Å². The van der Waals surface area contributed by atoms with Crippen molar-refractivity contribution < 1.29 is 13.6 Å². The maximum absolute atomic E-state index is 13.0. The average molecular weight is 387 g/mol. The van der Waals surface area contributed by atoms with E-state index in [2.05, 4.69) is 26.0 Å². The Balaban J connectivity index is 0.00000243. The molecule has 1 aromatic heterocycles. The van der Waals surface area contributed by atoms with Crippen LogP contribution in [-0.2, 0) is 11.3 Å². The Morgan fingerprint density at radius 1 is 1.35 bits per heavy atom. The lowest BCUT2D eigenvalue weighted by Gasteiger charge is -2.11. The van der Waals surface area contributed by atoms with Crippen molar-refractivity contribution in [3.8, 4) is 11.4 Å². The Labute approximate surface area is 155 Å². The number of carbonyl (C=O) groups excluding carboxylic acids is 1. The van der Waals surface area contributed by atoms with E-state index in [9.17, 15) is 13.6 Å². The first-order chi connectivity index (χ1) is 12.1. The number of aryl methyl sites for hydroxylation is 1. The van der Waals surface area contributed by atoms with Gasteiger partial charge < -0.3 is 10.6 Å². The quantitative estimate of drug-likeness (QED) is 0.753. The fourth-order valence-corrected chi connectivity index (χ4v) is 2.68. The summed E-state index contributed by atoms with van der Waals surface area (Å²) in [4.78, 5) is 13.2. The number of hydrogen-bond donors (Lipinski definition) is 2. The number of tetrazole rings is 1. The van der Waals surface area contributed by atoms with Gasteiger partial charge in [-0.05, 0) is 42.3 Å². The van der Waals surface area contributed by atoms with Crippen molar-refractivity contribution in [3.63, 3.8) is 0 Å². The molecule has 0 spiro atoms. The van der Waals surface area contributed by atoms with E-state index in [0.29, 0.717) is 50.3 Å². The maximum atomic E-state index is 13.0. The molecule has 10 heteroatoms. The molecule has 142 valence electrons. The van der Waals surface area contributed by atoms with Gasteiger partial charge in [0.1, 0.15) is 12.0 Å².